The van der Waals surface area contributed by atoms with Crippen LogP contribution in [0, 0.1) is 0 Å². The lowest BCUT2D eigenvalue weighted by atomic mass is 10.3. The van der Waals surface area contributed by atoms with Crippen LogP contribution in [-0.2, 0) is 0 Å². The van der Waals surface area contributed by atoms with E-state index in [9.17, 15) is 4.79 Å². The molecule has 0 amide bonds. The number of thiazole rings is 1. The lowest BCUT2D eigenvalue weighted by Gasteiger charge is -1.97. The minimum absolute atomic E-state index is 0.0801. The summed E-state index contributed by atoms with van der Waals surface area (Å²) in [5.74, 6) is 0.790. The quantitative estimate of drug-likeness (QED) is 0.709. The molecule has 1 aromatic carbocycles. The summed E-state index contributed by atoms with van der Waals surface area (Å²) < 4.78 is 7.71. The monoisotopic (exact) mass is 258 g/mol. The molecule has 0 atom stereocenters. The van der Waals surface area contributed by atoms with Crippen LogP contribution in [0.2, 0.25) is 0 Å². The maximum absolute atomic E-state index is 11.7. The van der Waals surface area contributed by atoms with Crippen LogP contribution in [0.15, 0.2) is 47.4 Å². The van der Waals surface area contributed by atoms with E-state index in [1.807, 2.05) is 24.3 Å². The van der Waals surface area contributed by atoms with Crippen LogP contribution < -0.4 is 10.3 Å². The van der Waals surface area contributed by atoms with Crippen molar-refractivity contribution in [1.29, 1.82) is 0 Å². The second kappa shape index (κ2) is 4.27. The molecule has 5 heteroatoms. The van der Waals surface area contributed by atoms with E-state index >= 15 is 0 Å². The van der Waals surface area contributed by atoms with E-state index in [2.05, 4.69) is 4.98 Å². The van der Waals surface area contributed by atoms with Gasteiger partial charge >= 0.3 is 0 Å². The third kappa shape index (κ3) is 1.78. The van der Waals surface area contributed by atoms with Gasteiger partial charge in [-0.05, 0) is 24.3 Å². The van der Waals surface area contributed by atoms with E-state index in [4.69, 9.17) is 4.74 Å². The van der Waals surface area contributed by atoms with Crippen LogP contribution in [0.1, 0.15) is 0 Å². The van der Waals surface area contributed by atoms with Gasteiger partial charge in [-0.15, -0.1) is 0 Å². The minimum atomic E-state index is -0.0801. The van der Waals surface area contributed by atoms with Crippen LogP contribution in [0.3, 0.4) is 0 Å². The molecule has 0 N–H and O–H groups in total. The molecule has 0 fully saturated rings. The zero-order chi connectivity index (χ0) is 12.5. The number of rotatable bonds is 2. The number of methoxy groups -OCH3 is 1. The predicted octanol–water partition coefficient (Wildman–Crippen LogP) is 2.46. The Morgan fingerprint density at radius 2 is 2.17 bits per heavy atom. The Hall–Kier alpha value is -2.14. The van der Waals surface area contributed by atoms with Crippen molar-refractivity contribution in [3.05, 3.63) is 52.9 Å². The molecule has 3 rings (SSSR count). The molecule has 0 aliphatic carbocycles. The first-order valence-corrected chi connectivity index (χ1v) is 6.22. The normalized spacial score (nSPS) is 10.7. The Labute approximate surface area is 107 Å². The average molecular weight is 258 g/mol. The van der Waals surface area contributed by atoms with E-state index in [0.717, 1.165) is 16.0 Å². The van der Waals surface area contributed by atoms with Crippen LogP contribution in [0.4, 0.5) is 0 Å². The third-order valence-electron chi connectivity index (χ3n) is 2.61. The summed E-state index contributed by atoms with van der Waals surface area (Å²) in [5.41, 5.74) is 0.787. The van der Waals surface area contributed by atoms with Gasteiger partial charge in [-0.2, -0.15) is 0 Å². The highest BCUT2D eigenvalue weighted by atomic mass is 32.1. The van der Waals surface area contributed by atoms with Crippen molar-refractivity contribution in [2.75, 3.05) is 7.11 Å². The molecular weight excluding hydrogens is 248 g/mol. The summed E-state index contributed by atoms with van der Waals surface area (Å²) in [6.45, 7) is 0. The number of ether oxygens (including phenoxy) is 1. The number of fused-ring (bicyclic) bond motifs is 1. The first-order chi connectivity index (χ1) is 8.78. The van der Waals surface area contributed by atoms with Crippen molar-refractivity contribution < 1.29 is 4.74 Å². The summed E-state index contributed by atoms with van der Waals surface area (Å²) in [5, 5.41) is 0.670. The Kier molecular flexibility index (Phi) is 2.60. The van der Waals surface area contributed by atoms with E-state index in [1.165, 1.54) is 22.0 Å². The highest BCUT2D eigenvalue weighted by molar-refractivity contribution is 7.20. The van der Waals surface area contributed by atoms with Crippen LogP contribution in [0.5, 0.6) is 5.75 Å². The van der Waals surface area contributed by atoms with Gasteiger partial charge in [-0.1, -0.05) is 17.4 Å². The average Bonchev–Trinajstić information content (AvgIpc) is 2.81. The fraction of sp³-hybridized carbons (Fsp3) is 0.0769. The maximum atomic E-state index is 11.7. The molecule has 2 aromatic heterocycles. The van der Waals surface area contributed by atoms with E-state index < -0.39 is 0 Å². The topological polar surface area (TPSA) is 44.1 Å². The van der Waals surface area contributed by atoms with E-state index in [-0.39, 0.29) is 5.56 Å². The van der Waals surface area contributed by atoms with E-state index in [1.54, 1.807) is 19.4 Å². The molecular formula is C13H10N2O2S. The molecule has 0 aliphatic rings. The Morgan fingerprint density at radius 1 is 1.28 bits per heavy atom. The number of benzene rings is 1. The number of pyridine rings is 1. The van der Waals surface area contributed by atoms with Gasteiger partial charge in [0.1, 0.15) is 5.75 Å². The van der Waals surface area contributed by atoms with Crippen molar-refractivity contribution in [3.8, 4) is 10.9 Å². The fourth-order valence-corrected chi connectivity index (χ4v) is 2.69. The van der Waals surface area contributed by atoms with Crippen molar-refractivity contribution in [3.63, 3.8) is 0 Å². The third-order valence-corrected chi connectivity index (χ3v) is 3.63. The summed E-state index contributed by atoms with van der Waals surface area (Å²) in [7, 11) is 1.63. The van der Waals surface area contributed by atoms with Gasteiger partial charge in [0.15, 0.2) is 5.13 Å². The van der Waals surface area contributed by atoms with Gasteiger partial charge in [-0.25, -0.2) is 4.98 Å². The van der Waals surface area contributed by atoms with Crippen molar-refractivity contribution in [2.24, 2.45) is 0 Å². The van der Waals surface area contributed by atoms with Crippen molar-refractivity contribution in [1.82, 2.24) is 9.55 Å². The molecule has 2 heterocycles. The van der Waals surface area contributed by atoms with Crippen molar-refractivity contribution >= 4 is 21.6 Å². The van der Waals surface area contributed by atoms with Gasteiger partial charge in [0, 0.05) is 12.3 Å². The van der Waals surface area contributed by atoms with Gasteiger partial charge < -0.3 is 4.74 Å². The van der Waals surface area contributed by atoms with Gasteiger partial charge in [-0.3, -0.25) is 9.36 Å². The van der Waals surface area contributed by atoms with Gasteiger partial charge in [0.25, 0.3) is 5.56 Å². The lowest BCUT2D eigenvalue weighted by molar-refractivity contribution is 0.415. The number of hydrogen-bond acceptors (Lipinski definition) is 4. The summed E-state index contributed by atoms with van der Waals surface area (Å²) in [6.07, 6.45) is 1.72. The molecule has 0 saturated heterocycles. The second-order valence-corrected chi connectivity index (χ2v) is 4.75. The Balaban J connectivity index is 2.20. The fourth-order valence-electron chi connectivity index (χ4n) is 1.71. The first-order valence-electron chi connectivity index (χ1n) is 5.40. The highest BCUT2D eigenvalue weighted by Gasteiger charge is 2.07. The molecule has 4 nitrogen and oxygen atoms in total. The molecule has 90 valence electrons. The van der Waals surface area contributed by atoms with Crippen LogP contribution >= 0.6 is 11.3 Å². The molecule has 0 aliphatic heterocycles. The summed E-state index contributed by atoms with van der Waals surface area (Å²) in [6, 6.07) is 10.7. The molecule has 18 heavy (non-hydrogen) atoms. The first kappa shape index (κ1) is 11.0. The molecule has 0 bridgehead atoms. The molecule has 0 radical (unpaired) electrons. The van der Waals surface area contributed by atoms with Crippen molar-refractivity contribution in [2.45, 2.75) is 0 Å². The number of hydrogen-bond donors (Lipinski definition) is 0. The SMILES string of the molecule is COc1ccc2nc(-n3ccccc3=O)sc2c1. The van der Waals surface area contributed by atoms with Crippen LogP contribution in [-0.4, -0.2) is 16.7 Å². The smallest absolute Gasteiger partial charge is 0.256 e. The largest absolute Gasteiger partial charge is 0.497 e. The zero-order valence-electron chi connectivity index (χ0n) is 9.66. The maximum Gasteiger partial charge on any atom is 0.256 e. The number of nitrogens with zero attached hydrogens (tertiary/aromatic N) is 2. The predicted molar refractivity (Wildman–Crippen MR) is 71.8 cm³/mol. The lowest BCUT2D eigenvalue weighted by Crippen LogP contribution is -2.14. The molecule has 0 spiro atoms. The zero-order valence-corrected chi connectivity index (χ0v) is 10.5. The summed E-state index contributed by atoms with van der Waals surface area (Å²) in [4.78, 5) is 16.2. The minimum Gasteiger partial charge on any atom is -0.497 e. The molecule has 3 aromatic rings. The molecule has 0 unspecified atom stereocenters. The van der Waals surface area contributed by atoms with Gasteiger partial charge in [0.05, 0.1) is 17.3 Å². The van der Waals surface area contributed by atoms with Crippen LogP contribution in [0.25, 0.3) is 15.3 Å². The number of aromatic nitrogens is 2. The summed E-state index contributed by atoms with van der Waals surface area (Å²) >= 11 is 1.47. The Morgan fingerprint density at radius 3 is 2.94 bits per heavy atom. The van der Waals surface area contributed by atoms with E-state index in [0.29, 0.717) is 5.13 Å². The van der Waals surface area contributed by atoms with Gasteiger partial charge in [0.2, 0.25) is 0 Å². The standard InChI is InChI=1S/C13H10N2O2S/c1-17-9-5-6-10-11(8-9)18-13(14-10)15-7-3-2-4-12(15)16/h2-8H,1H3. The Bertz CT molecular complexity index is 761. The molecule has 0 saturated carbocycles. The highest BCUT2D eigenvalue weighted by Crippen LogP contribution is 2.27. The second-order valence-electron chi connectivity index (χ2n) is 3.74.